The first-order valence-corrected chi connectivity index (χ1v) is 7.73. The van der Waals surface area contributed by atoms with Gasteiger partial charge in [-0.3, -0.25) is 0 Å². The van der Waals surface area contributed by atoms with E-state index in [-0.39, 0.29) is 22.4 Å². The highest BCUT2D eigenvalue weighted by Gasteiger charge is 2.41. The minimum atomic E-state index is -2.02. The molecule has 0 spiro atoms. The molecule has 0 amide bonds. The number of benzene rings is 1. The van der Waals surface area contributed by atoms with E-state index in [1.165, 1.54) is 0 Å². The lowest BCUT2D eigenvalue weighted by molar-refractivity contribution is 0.473. The molecule has 0 unspecified atom stereocenters. The van der Waals surface area contributed by atoms with E-state index >= 15 is 0 Å². The van der Waals surface area contributed by atoms with Gasteiger partial charge < -0.3 is 5.11 Å². The van der Waals surface area contributed by atoms with Crippen molar-refractivity contribution in [3.8, 4) is 5.75 Å². The minimum Gasteiger partial charge on any atom is -0.508 e. The highest BCUT2D eigenvalue weighted by atomic mass is 35.6. The largest absolute Gasteiger partial charge is 0.508 e. The Hall–Kier alpha value is 1.63. The van der Waals surface area contributed by atoms with Gasteiger partial charge in [0, 0.05) is 16.7 Å². The summed E-state index contributed by atoms with van der Waals surface area (Å²) >= 11 is 52.2. The molecular formula is C9H3Cl9O. The smallest absolute Gasteiger partial charge is 0.216 e. The van der Waals surface area contributed by atoms with E-state index in [1.807, 2.05) is 0 Å². The van der Waals surface area contributed by atoms with Crippen molar-refractivity contribution in [3.05, 3.63) is 28.8 Å². The number of phenols is 1. The van der Waals surface area contributed by atoms with Crippen LogP contribution >= 0.6 is 104 Å². The molecule has 1 aromatic carbocycles. The van der Waals surface area contributed by atoms with Gasteiger partial charge in [0.05, 0.1) is 0 Å². The van der Waals surface area contributed by atoms with Gasteiger partial charge in [-0.05, 0) is 12.1 Å². The Morgan fingerprint density at radius 2 is 0.947 bits per heavy atom. The first-order chi connectivity index (χ1) is 8.24. The molecule has 0 heterocycles. The fraction of sp³-hybridized carbons (Fsp3) is 0.333. The number of rotatable bonds is 0. The zero-order valence-electron chi connectivity index (χ0n) is 8.50. The molecule has 1 nitrogen and oxygen atoms in total. The Morgan fingerprint density at radius 1 is 0.632 bits per heavy atom. The van der Waals surface area contributed by atoms with Crippen molar-refractivity contribution in [2.45, 2.75) is 11.4 Å². The number of hydrogen-bond donors (Lipinski definition) is 1. The normalized spacial score (nSPS) is 13.7. The molecule has 0 aliphatic rings. The van der Waals surface area contributed by atoms with Crippen LogP contribution in [-0.2, 0) is 11.4 Å². The quantitative estimate of drug-likeness (QED) is 0.431. The topological polar surface area (TPSA) is 20.2 Å². The molecule has 0 atom stereocenters. The average Bonchev–Trinajstić information content (AvgIpc) is 2.11. The monoisotopic (exact) mass is 442 g/mol. The third kappa shape index (κ3) is 4.81. The van der Waals surface area contributed by atoms with Gasteiger partial charge in [-0.2, -0.15) is 0 Å². The molecule has 0 aliphatic carbocycles. The Bertz CT molecular complexity index is 445. The highest BCUT2D eigenvalue weighted by Crippen LogP contribution is 2.54. The summed E-state index contributed by atoms with van der Waals surface area (Å²) in [4.78, 5) is 0. The Balaban J connectivity index is 3.80. The number of halogens is 9. The van der Waals surface area contributed by atoms with Crippen LogP contribution in [0.4, 0.5) is 0 Å². The fourth-order valence-electron chi connectivity index (χ4n) is 1.38. The van der Waals surface area contributed by atoms with Crippen molar-refractivity contribution >= 4 is 104 Å². The molecule has 19 heavy (non-hydrogen) atoms. The minimum absolute atomic E-state index is 0.0983. The van der Waals surface area contributed by atoms with Crippen LogP contribution < -0.4 is 0 Å². The molecule has 0 saturated carbocycles. The van der Waals surface area contributed by atoms with Crippen molar-refractivity contribution in [3.63, 3.8) is 0 Å². The second-order valence-corrected chi connectivity index (χ2v) is 10.3. The third-order valence-electron chi connectivity index (χ3n) is 2.02. The lowest BCUT2D eigenvalue weighted by Crippen LogP contribution is -2.18. The van der Waals surface area contributed by atoms with Gasteiger partial charge in [-0.25, -0.2) is 0 Å². The number of phenolic OH excluding ortho intramolecular Hbond substituents is 1. The van der Waals surface area contributed by atoms with E-state index in [4.69, 9.17) is 104 Å². The molecule has 0 aliphatic heterocycles. The predicted octanol–water partition coefficient (Wildman–Crippen LogP) is 6.87. The van der Waals surface area contributed by atoms with E-state index in [2.05, 4.69) is 0 Å². The van der Waals surface area contributed by atoms with E-state index in [0.717, 1.165) is 12.1 Å². The van der Waals surface area contributed by atoms with Crippen molar-refractivity contribution in [1.82, 2.24) is 0 Å². The van der Waals surface area contributed by atoms with Crippen LogP contribution in [0.25, 0.3) is 0 Å². The first-order valence-electron chi connectivity index (χ1n) is 4.33. The summed E-state index contributed by atoms with van der Waals surface area (Å²) in [6.45, 7) is 0. The lowest BCUT2D eigenvalue weighted by atomic mass is 10.0. The van der Waals surface area contributed by atoms with Crippen molar-refractivity contribution in [1.29, 1.82) is 0 Å². The zero-order chi connectivity index (χ0) is 15.2. The molecule has 0 bridgehead atoms. The molecule has 108 valence electrons. The van der Waals surface area contributed by atoms with Crippen LogP contribution in [0.2, 0.25) is 0 Å². The van der Waals surface area contributed by atoms with Crippen molar-refractivity contribution in [2.75, 3.05) is 0 Å². The summed E-state index contributed by atoms with van der Waals surface area (Å²) < 4.78 is -5.99. The van der Waals surface area contributed by atoms with E-state index < -0.39 is 11.4 Å². The number of aromatic hydroxyl groups is 1. The van der Waals surface area contributed by atoms with Gasteiger partial charge in [0.1, 0.15) is 5.75 Å². The lowest BCUT2D eigenvalue weighted by Gasteiger charge is -2.27. The maximum absolute atomic E-state index is 9.63. The SMILES string of the molecule is Oc1cc(C(Cl)(Cl)Cl)c(C(Cl)(Cl)Cl)c(C(Cl)(Cl)Cl)c1. The van der Waals surface area contributed by atoms with Gasteiger partial charge in [-0.1, -0.05) is 104 Å². The number of alkyl halides is 9. The Morgan fingerprint density at radius 3 is 1.16 bits per heavy atom. The second-order valence-electron chi connectivity index (χ2n) is 3.41. The molecule has 1 N–H and O–H groups in total. The molecular weight excluding hydrogens is 443 g/mol. The van der Waals surface area contributed by atoms with Gasteiger partial charge in [-0.15, -0.1) is 0 Å². The average molecular weight is 446 g/mol. The molecule has 1 aromatic rings. The van der Waals surface area contributed by atoms with Crippen LogP contribution in [0, 0.1) is 0 Å². The van der Waals surface area contributed by atoms with Gasteiger partial charge in [0.15, 0.2) is 0 Å². The summed E-state index contributed by atoms with van der Waals surface area (Å²) in [5.41, 5.74) is -0.312. The van der Waals surface area contributed by atoms with E-state index in [1.54, 1.807) is 0 Å². The summed E-state index contributed by atoms with van der Waals surface area (Å²) in [7, 11) is 0. The Labute approximate surface area is 154 Å². The van der Waals surface area contributed by atoms with Crippen molar-refractivity contribution < 1.29 is 5.11 Å². The van der Waals surface area contributed by atoms with E-state index in [0.29, 0.717) is 0 Å². The maximum atomic E-state index is 9.63. The van der Waals surface area contributed by atoms with E-state index in [9.17, 15) is 5.11 Å². The highest BCUT2D eigenvalue weighted by molar-refractivity contribution is 6.70. The van der Waals surface area contributed by atoms with Crippen LogP contribution in [0.1, 0.15) is 16.7 Å². The summed E-state index contributed by atoms with van der Waals surface area (Å²) in [5.74, 6) is -0.305. The molecule has 0 aromatic heterocycles. The predicted molar refractivity (Wildman–Crippen MR) is 85.8 cm³/mol. The van der Waals surface area contributed by atoms with Crippen molar-refractivity contribution in [2.24, 2.45) is 0 Å². The summed E-state index contributed by atoms with van der Waals surface area (Å²) in [6.07, 6.45) is 0. The van der Waals surface area contributed by atoms with Crippen LogP contribution in [-0.4, -0.2) is 5.11 Å². The van der Waals surface area contributed by atoms with Crippen LogP contribution in [0.15, 0.2) is 12.1 Å². The third-order valence-corrected chi connectivity index (χ3v) is 3.81. The molecule has 10 heteroatoms. The fourth-order valence-corrected chi connectivity index (χ4v) is 2.88. The Kier molecular flexibility index (Phi) is 5.92. The zero-order valence-corrected chi connectivity index (χ0v) is 15.3. The maximum Gasteiger partial charge on any atom is 0.216 e. The standard InChI is InChI=1S/C9H3Cl9O/c10-7(11,12)4-1-3(19)2-5(8(13,14)15)6(4)9(16,17)18/h1-2,19H. The molecule has 0 fully saturated rings. The second kappa shape index (κ2) is 6.02. The molecule has 0 saturated heterocycles. The van der Waals surface area contributed by atoms with Crippen LogP contribution in [0.3, 0.4) is 0 Å². The first kappa shape index (κ1) is 18.7. The summed E-state index contributed by atoms with van der Waals surface area (Å²) in [6, 6.07) is 2.23. The number of hydrogen-bond acceptors (Lipinski definition) is 1. The summed E-state index contributed by atoms with van der Waals surface area (Å²) in [5, 5.41) is 9.63. The molecule has 1 rings (SSSR count). The van der Waals surface area contributed by atoms with Crippen LogP contribution in [0.5, 0.6) is 5.75 Å². The van der Waals surface area contributed by atoms with Gasteiger partial charge in [0.2, 0.25) is 11.4 Å². The van der Waals surface area contributed by atoms with Gasteiger partial charge in [0.25, 0.3) is 0 Å². The van der Waals surface area contributed by atoms with Gasteiger partial charge >= 0.3 is 0 Å². The molecule has 0 radical (unpaired) electrons.